The third-order valence-electron chi connectivity index (χ3n) is 4.64. The van der Waals surface area contributed by atoms with Crippen LogP contribution in [0.25, 0.3) is 21.6 Å². The summed E-state index contributed by atoms with van der Waals surface area (Å²) in [7, 11) is 0. The Morgan fingerprint density at radius 3 is 2.65 bits per heavy atom. The fourth-order valence-electron chi connectivity index (χ4n) is 3.17. The first kappa shape index (κ1) is 16.9. The quantitative estimate of drug-likeness (QED) is 0.763. The van der Waals surface area contributed by atoms with Crippen LogP contribution in [0.2, 0.25) is 0 Å². The molecule has 0 atom stereocenters. The number of halogens is 1. The molecule has 0 bridgehead atoms. The van der Waals surface area contributed by atoms with Crippen molar-refractivity contribution in [2.24, 2.45) is 0 Å². The van der Waals surface area contributed by atoms with Crippen molar-refractivity contribution < 1.29 is 4.39 Å². The van der Waals surface area contributed by atoms with E-state index in [-0.39, 0.29) is 0 Å². The van der Waals surface area contributed by atoms with Crippen molar-refractivity contribution in [2.45, 2.75) is 25.6 Å². The van der Waals surface area contributed by atoms with Gasteiger partial charge in [-0.15, -0.1) is 11.3 Å². The van der Waals surface area contributed by atoms with Crippen LogP contribution in [-0.2, 0) is 6.54 Å². The molecule has 1 aromatic carbocycles. The first-order chi connectivity index (χ1) is 12.6. The summed E-state index contributed by atoms with van der Waals surface area (Å²) >= 11 is 1.60. The zero-order chi connectivity index (χ0) is 18.1. The third-order valence-corrected chi connectivity index (χ3v) is 5.66. The topological polar surface area (TPSA) is 78.8 Å². The van der Waals surface area contributed by atoms with Gasteiger partial charge in [-0.2, -0.15) is 5.26 Å². The van der Waals surface area contributed by atoms with Crippen molar-refractivity contribution in [1.29, 1.82) is 5.26 Å². The van der Waals surface area contributed by atoms with E-state index in [0.29, 0.717) is 30.0 Å². The van der Waals surface area contributed by atoms with E-state index < -0.39 is 6.17 Å². The normalized spacial score (nSPS) is 16.0. The van der Waals surface area contributed by atoms with Crippen LogP contribution in [0.3, 0.4) is 0 Å². The molecule has 0 amide bonds. The van der Waals surface area contributed by atoms with Gasteiger partial charge in [0.2, 0.25) is 0 Å². The first-order valence-corrected chi connectivity index (χ1v) is 9.37. The second-order valence-corrected chi connectivity index (χ2v) is 7.62. The molecule has 0 spiro atoms. The average molecular weight is 367 g/mol. The van der Waals surface area contributed by atoms with Gasteiger partial charge in [0, 0.05) is 30.1 Å². The van der Waals surface area contributed by atoms with Crippen molar-refractivity contribution in [3.05, 3.63) is 40.8 Å². The molecule has 1 saturated heterocycles. The van der Waals surface area contributed by atoms with E-state index >= 15 is 0 Å². The number of benzene rings is 1. The predicted molar refractivity (Wildman–Crippen MR) is 101 cm³/mol. The number of anilines is 1. The molecule has 1 fully saturated rings. The highest BCUT2D eigenvalue weighted by Gasteiger charge is 2.19. The molecular weight excluding hydrogens is 349 g/mol. The number of hydrogen-bond acceptors (Lipinski definition) is 6. The average Bonchev–Trinajstić information content (AvgIpc) is 3.07. The lowest BCUT2D eigenvalue weighted by Crippen LogP contribution is -2.33. The zero-order valence-corrected chi connectivity index (χ0v) is 15.0. The molecule has 3 aromatic rings. The van der Waals surface area contributed by atoms with Crippen LogP contribution < -0.4 is 5.73 Å². The Labute approximate surface area is 154 Å². The number of likely N-dealkylation sites (tertiary alicyclic amines) is 1. The molecule has 26 heavy (non-hydrogen) atoms. The zero-order valence-electron chi connectivity index (χ0n) is 14.2. The number of alkyl halides is 1. The molecule has 5 nitrogen and oxygen atoms in total. The fourth-order valence-corrected chi connectivity index (χ4v) is 4.25. The van der Waals surface area contributed by atoms with Gasteiger partial charge in [0.25, 0.3) is 0 Å². The minimum absolute atomic E-state index is 0.458. The summed E-state index contributed by atoms with van der Waals surface area (Å²) in [5.41, 5.74) is 7.58. The van der Waals surface area contributed by atoms with Gasteiger partial charge < -0.3 is 5.73 Å². The minimum atomic E-state index is -0.662. The number of fused-ring (bicyclic) bond motifs is 1. The monoisotopic (exact) mass is 367 g/mol. The largest absolute Gasteiger partial charge is 0.383 e. The molecule has 132 valence electrons. The number of thiophene rings is 1. The van der Waals surface area contributed by atoms with E-state index in [1.54, 1.807) is 23.5 Å². The summed E-state index contributed by atoms with van der Waals surface area (Å²) in [5.74, 6) is 1.02. The van der Waals surface area contributed by atoms with Crippen molar-refractivity contribution >= 4 is 27.4 Å². The Morgan fingerprint density at radius 2 is 1.96 bits per heavy atom. The van der Waals surface area contributed by atoms with Crippen molar-refractivity contribution in [3.8, 4) is 17.5 Å². The number of nitrogens with zero attached hydrogens (tertiary/aromatic N) is 4. The molecule has 0 unspecified atom stereocenters. The first-order valence-electron chi connectivity index (χ1n) is 8.55. The molecule has 0 saturated carbocycles. The second-order valence-electron chi connectivity index (χ2n) is 6.50. The highest BCUT2D eigenvalue weighted by atomic mass is 32.1. The van der Waals surface area contributed by atoms with Crippen LogP contribution in [0.1, 0.15) is 23.3 Å². The Morgan fingerprint density at radius 1 is 1.23 bits per heavy atom. The van der Waals surface area contributed by atoms with Gasteiger partial charge in [0.1, 0.15) is 16.8 Å². The SMILES string of the molecule is N#Cc1ccc(-c2nc(N)c3cc(CN4CCC(F)CC4)sc3n2)cc1. The predicted octanol–water partition coefficient (Wildman–Crippen LogP) is 3.75. The maximum Gasteiger partial charge on any atom is 0.163 e. The Kier molecular flexibility index (Phi) is 4.53. The van der Waals surface area contributed by atoms with E-state index in [1.165, 1.54) is 0 Å². The van der Waals surface area contributed by atoms with Gasteiger partial charge in [-0.3, -0.25) is 4.90 Å². The lowest BCUT2D eigenvalue weighted by Gasteiger charge is -2.27. The molecule has 0 aliphatic carbocycles. The highest BCUT2D eigenvalue weighted by molar-refractivity contribution is 7.18. The summed E-state index contributed by atoms with van der Waals surface area (Å²) in [5, 5.41) is 9.78. The van der Waals surface area contributed by atoms with Crippen LogP contribution >= 0.6 is 11.3 Å². The fraction of sp³-hybridized carbons (Fsp3) is 0.316. The van der Waals surface area contributed by atoms with Crippen LogP contribution in [0, 0.1) is 11.3 Å². The summed E-state index contributed by atoms with van der Waals surface area (Å²) in [6, 6.07) is 11.3. The number of nitrogen functional groups attached to an aromatic ring is 1. The van der Waals surface area contributed by atoms with Gasteiger partial charge in [-0.05, 0) is 43.2 Å². The van der Waals surface area contributed by atoms with Crippen molar-refractivity contribution in [3.63, 3.8) is 0 Å². The lowest BCUT2D eigenvalue weighted by atomic mass is 10.1. The Balaban J connectivity index is 1.61. The molecule has 1 aliphatic rings. The Hall–Kier alpha value is -2.56. The highest BCUT2D eigenvalue weighted by Crippen LogP contribution is 2.31. The number of rotatable bonds is 3. The molecule has 4 rings (SSSR count). The van der Waals surface area contributed by atoms with Gasteiger partial charge >= 0.3 is 0 Å². The standard InChI is InChI=1S/C19H18FN5S/c20-14-5-7-25(8-6-14)11-15-9-16-17(22)23-18(24-19(16)26-15)13-3-1-12(10-21)2-4-13/h1-4,9,14H,5-8,11H2,(H2,22,23,24). The Bertz CT molecular complexity index is 968. The lowest BCUT2D eigenvalue weighted by molar-refractivity contribution is 0.146. The van der Waals surface area contributed by atoms with Crippen LogP contribution in [0.15, 0.2) is 30.3 Å². The second kappa shape index (κ2) is 6.98. The summed E-state index contributed by atoms with van der Waals surface area (Å²) in [6.45, 7) is 2.36. The van der Waals surface area contributed by atoms with E-state index in [4.69, 9.17) is 11.0 Å². The van der Waals surface area contributed by atoms with Gasteiger partial charge in [-0.25, -0.2) is 14.4 Å². The van der Waals surface area contributed by atoms with E-state index in [1.807, 2.05) is 18.2 Å². The summed E-state index contributed by atoms with van der Waals surface area (Å²) in [4.78, 5) is 13.4. The van der Waals surface area contributed by atoms with Crippen LogP contribution in [0.4, 0.5) is 10.2 Å². The summed E-state index contributed by atoms with van der Waals surface area (Å²) < 4.78 is 13.3. The molecule has 2 aromatic heterocycles. The number of nitriles is 1. The summed E-state index contributed by atoms with van der Waals surface area (Å²) in [6.07, 6.45) is 0.552. The van der Waals surface area contributed by atoms with E-state index in [2.05, 4.69) is 20.9 Å². The van der Waals surface area contributed by atoms with Crippen molar-refractivity contribution in [2.75, 3.05) is 18.8 Å². The maximum atomic E-state index is 13.3. The number of aromatic nitrogens is 2. The smallest absolute Gasteiger partial charge is 0.163 e. The molecular formula is C19H18FN5S. The number of piperidine rings is 1. The van der Waals surface area contributed by atoms with Crippen molar-refractivity contribution in [1.82, 2.24) is 14.9 Å². The van der Waals surface area contributed by atoms with Gasteiger partial charge in [-0.1, -0.05) is 0 Å². The van der Waals surface area contributed by atoms with E-state index in [0.717, 1.165) is 40.3 Å². The van der Waals surface area contributed by atoms with Crippen LogP contribution in [0.5, 0.6) is 0 Å². The molecule has 7 heteroatoms. The minimum Gasteiger partial charge on any atom is -0.383 e. The van der Waals surface area contributed by atoms with E-state index in [9.17, 15) is 4.39 Å². The molecule has 3 heterocycles. The van der Waals surface area contributed by atoms with Gasteiger partial charge in [0.15, 0.2) is 5.82 Å². The maximum absolute atomic E-state index is 13.3. The molecule has 1 aliphatic heterocycles. The third kappa shape index (κ3) is 3.39. The number of hydrogen-bond donors (Lipinski definition) is 1. The number of nitrogens with two attached hydrogens (primary N) is 1. The van der Waals surface area contributed by atoms with Crippen LogP contribution in [-0.4, -0.2) is 34.1 Å². The molecule has 2 N–H and O–H groups in total. The van der Waals surface area contributed by atoms with Gasteiger partial charge in [0.05, 0.1) is 17.0 Å². The molecule has 0 radical (unpaired) electrons.